The average Bonchev–Trinajstić information content (AvgIpc) is 2.88. The Labute approximate surface area is 109 Å². The number of carbonyl (C=O) groups is 1. The van der Waals surface area contributed by atoms with Crippen LogP contribution in [0.15, 0.2) is 12.2 Å². The van der Waals surface area contributed by atoms with Crippen molar-refractivity contribution >= 4 is 5.91 Å². The summed E-state index contributed by atoms with van der Waals surface area (Å²) in [4.78, 5) is 14.0. The molecule has 0 aromatic carbocycles. The third-order valence-corrected chi connectivity index (χ3v) is 4.41. The second-order valence-electron chi connectivity index (χ2n) is 4.89. The van der Waals surface area contributed by atoms with E-state index in [4.69, 9.17) is 11.0 Å². The monoisotopic (exact) mass is 249 g/mol. The van der Waals surface area contributed by atoms with Crippen molar-refractivity contribution < 1.29 is 4.79 Å². The zero-order chi connectivity index (χ0) is 13.8. The Morgan fingerprint density at radius 2 is 2.06 bits per heavy atom. The zero-order valence-corrected chi connectivity index (χ0v) is 11.5. The molecule has 0 bridgehead atoms. The van der Waals surface area contributed by atoms with Gasteiger partial charge in [-0.15, -0.1) is 0 Å². The zero-order valence-electron chi connectivity index (χ0n) is 11.5. The van der Waals surface area contributed by atoms with Gasteiger partial charge in [-0.2, -0.15) is 5.26 Å². The van der Waals surface area contributed by atoms with E-state index in [0.29, 0.717) is 6.54 Å². The van der Waals surface area contributed by atoms with Crippen LogP contribution in [0, 0.1) is 16.7 Å². The molecule has 2 N–H and O–H groups in total. The molecule has 4 heteroatoms. The van der Waals surface area contributed by atoms with E-state index in [-0.39, 0.29) is 11.3 Å². The lowest BCUT2D eigenvalue weighted by Gasteiger charge is -2.38. The summed E-state index contributed by atoms with van der Waals surface area (Å²) in [7, 11) is 0. The van der Waals surface area contributed by atoms with Gasteiger partial charge in [0.15, 0.2) is 0 Å². The van der Waals surface area contributed by atoms with E-state index >= 15 is 0 Å². The van der Waals surface area contributed by atoms with Crippen LogP contribution in [0.2, 0.25) is 0 Å². The molecule has 18 heavy (non-hydrogen) atoms. The highest BCUT2D eigenvalue weighted by Gasteiger charge is 2.40. The van der Waals surface area contributed by atoms with E-state index in [1.165, 1.54) is 0 Å². The van der Waals surface area contributed by atoms with Crippen molar-refractivity contribution in [3.63, 3.8) is 0 Å². The molecule has 1 unspecified atom stereocenters. The molecule has 0 aliphatic carbocycles. The third-order valence-electron chi connectivity index (χ3n) is 4.41. The molecule has 0 aromatic heterocycles. The maximum absolute atomic E-state index is 12.4. The SMILES string of the molecule is CCC(CC)(CC)C(N)C(=O)N1CC=C[C@H]1C#N. The first kappa shape index (κ1) is 14.7. The highest BCUT2D eigenvalue weighted by Crippen LogP contribution is 2.34. The second-order valence-corrected chi connectivity index (χ2v) is 4.89. The van der Waals surface area contributed by atoms with Crippen molar-refractivity contribution in [3.8, 4) is 6.07 Å². The van der Waals surface area contributed by atoms with Gasteiger partial charge in [0.1, 0.15) is 6.04 Å². The van der Waals surface area contributed by atoms with Crippen LogP contribution in [0.4, 0.5) is 0 Å². The molecule has 0 radical (unpaired) electrons. The number of amides is 1. The minimum absolute atomic E-state index is 0.0999. The van der Waals surface area contributed by atoms with E-state index < -0.39 is 12.1 Å². The number of nitrogens with two attached hydrogens (primary N) is 1. The van der Waals surface area contributed by atoms with Crippen LogP contribution in [0.25, 0.3) is 0 Å². The van der Waals surface area contributed by atoms with Crippen LogP contribution in [0.5, 0.6) is 0 Å². The number of hydrogen-bond donors (Lipinski definition) is 1. The van der Waals surface area contributed by atoms with E-state index in [2.05, 4.69) is 26.8 Å². The normalized spacial score (nSPS) is 20.8. The first-order valence-corrected chi connectivity index (χ1v) is 6.68. The number of nitriles is 1. The molecule has 100 valence electrons. The van der Waals surface area contributed by atoms with Gasteiger partial charge in [-0.05, 0) is 30.8 Å². The van der Waals surface area contributed by atoms with Crippen molar-refractivity contribution in [2.75, 3.05) is 6.54 Å². The van der Waals surface area contributed by atoms with Gasteiger partial charge in [0, 0.05) is 6.54 Å². The summed E-state index contributed by atoms with van der Waals surface area (Å²) in [5, 5.41) is 9.01. The lowest BCUT2D eigenvalue weighted by molar-refractivity contribution is -0.135. The third kappa shape index (κ3) is 2.41. The molecule has 2 atom stereocenters. The van der Waals surface area contributed by atoms with E-state index in [1.54, 1.807) is 11.0 Å². The molecule has 1 aliphatic rings. The largest absolute Gasteiger partial charge is 0.319 e. The summed E-state index contributed by atoms with van der Waals surface area (Å²) in [5.41, 5.74) is 6.04. The van der Waals surface area contributed by atoms with Gasteiger partial charge in [0.2, 0.25) is 5.91 Å². The molecular weight excluding hydrogens is 226 g/mol. The summed E-state index contributed by atoms with van der Waals surface area (Å²) in [6.07, 6.45) is 6.25. The highest BCUT2D eigenvalue weighted by atomic mass is 16.2. The topological polar surface area (TPSA) is 70.1 Å². The molecule has 0 spiro atoms. The van der Waals surface area contributed by atoms with E-state index in [0.717, 1.165) is 19.3 Å². The molecule has 0 saturated heterocycles. The smallest absolute Gasteiger partial charge is 0.241 e. The van der Waals surface area contributed by atoms with Crippen LogP contribution in [-0.4, -0.2) is 29.4 Å². The molecule has 0 fully saturated rings. The Morgan fingerprint density at radius 1 is 1.50 bits per heavy atom. The average molecular weight is 249 g/mol. The van der Waals surface area contributed by atoms with Crippen molar-refractivity contribution in [2.45, 2.75) is 52.1 Å². The minimum Gasteiger partial charge on any atom is -0.319 e. The Balaban J connectivity index is 2.87. The van der Waals surface area contributed by atoms with Gasteiger partial charge in [0.25, 0.3) is 0 Å². The number of rotatable bonds is 5. The standard InChI is InChI=1S/C14H23N3O/c1-4-14(5-2,6-3)12(16)13(18)17-9-7-8-11(17)10-15/h7-8,11-12H,4-6,9,16H2,1-3H3/t11-,12?/m0/s1. The maximum atomic E-state index is 12.4. The summed E-state index contributed by atoms with van der Waals surface area (Å²) >= 11 is 0. The van der Waals surface area contributed by atoms with Gasteiger partial charge in [0.05, 0.1) is 12.1 Å². The minimum atomic E-state index is -0.520. The predicted octanol–water partition coefficient (Wildman–Crippen LogP) is 1.82. The summed E-state index contributed by atoms with van der Waals surface area (Å²) < 4.78 is 0. The summed E-state index contributed by atoms with van der Waals surface area (Å²) in [6.45, 7) is 6.72. The fraction of sp³-hybridized carbons (Fsp3) is 0.714. The van der Waals surface area contributed by atoms with Gasteiger partial charge in [-0.25, -0.2) is 0 Å². The number of carbonyl (C=O) groups excluding carboxylic acids is 1. The van der Waals surface area contributed by atoms with Gasteiger partial charge in [-0.3, -0.25) is 4.79 Å². The lowest BCUT2D eigenvalue weighted by Crippen LogP contribution is -2.54. The summed E-state index contributed by atoms with van der Waals surface area (Å²) in [6, 6.07) is 1.15. The predicted molar refractivity (Wildman–Crippen MR) is 71.5 cm³/mol. The Kier molecular flexibility index (Phi) is 4.92. The van der Waals surface area contributed by atoms with Crippen LogP contribution >= 0.6 is 0 Å². The van der Waals surface area contributed by atoms with E-state index in [9.17, 15) is 4.79 Å². The molecule has 1 heterocycles. The van der Waals surface area contributed by atoms with Crippen molar-refractivity contribution in [1.29, 1.82) is 5.26 Å². The number of hydrogen-bond acceptors (Lipinski definition) is 3. The second kappa shape index (κ2) is 6.01. The van der Waals surface area contributed by atoms with Crippen molar-refractivity contribution in [2.24, 2.45) is 11.1 Å². The first-order valence-electron chi connectivity index (χ1n) is 6.68. The van der Waals surface area contributed by atoms with Gasteiger partial charge in [-0.1, -0.05) is 26.8 Å². The fourth-order valence-electron chi connectivity index (χ4n) is 2.71. The molecule has 1 aliphatic heterocycles. The maximum Gasteiger partial charge on any atom is 0.241 e. The Hall–Kier alpha value is -1.34. The molecule has 1 rings (SSSR count). The van der Waals surface area contributed by atoms with Crippen LogP contribution < -0.4 is 5.73 Å². The molecular formula is C14H23N3O. The van der Waals surface area contributed by atoms with Crippen LogP contribution in [-0.2, 0) is 4.79 Å². The van der Waals surface area contributed by atoms with Crippen molar-refractivity contribution in [1.82, 2.24) is 4.90 Å². The van der Waals surface area contributed by atoms with Gasteiger partial charge < -0.3 is 10.6 Å². The fourth-order valence-corrected chi connectivity index (χ4v) is 2.71. The molecule has 0 aromatic rings. The quantitative estimate of drug-likeness (QED) is 0.755. The molecule has 1 amide bonds. The van der Waals surface area contributed by atoms with Crippen molar-refractivity contribution in [3.05, 3.63) is 12.2 Å². The first-order chi connectivity index (χ1) is 8.56. The molecule has 0 saturated carbocycles. The number of nitrogens with zero attached hydrogens (tertiary/aromatic N) is 2. The highest BCUT2D eigenvalue weighted by molar-refractivity contribution is 5.84. The Morgan fingerprint density at radius 3 is 2.50 bits per heavy atom. The van der Waals surface area contributed by atoms with Crippen LogP contribution in [0.3, 0.4) is 0 Å². The van der Waals surface area contributed by atoms with Gasteiger partial charge >= 0.3 is 0 Å². The van der Waals surface area contributed by atoms with Crippen LogP contribution in [0.1, 0.15) is 40.0 Å². The van der Waals surface area contributed by atoms with E-state index in [1.807, 2.05) is 6.08 Å². The lowest BCUT2D eigenvalue weighted by atomic mass is 9.73. The molecule has 4 nitrogen and oxygen atoms in total. The summed E-state index contributed by atoms with van der Waals surface area (Å²) in [5.74, 6) is -0.0999. The Bertz CT molecular complexity index is 357.